The zero-order valence-electron chi connectivity index (χ0n) is 14.6. The Morgan fingerprint density at radius 3 is 2.77 bits per heavy atom. The maximum absolute atomic E-state index is 4.62. The normalized spacial score (nSPS) is 16.5. The molecule has 132 valence electrons. The van der Waals surface area contributed by atoms with E-state index >= 15 is 0 Å². The highest BCUT2D eigenvalue weighted by molar-refractivity contribution is 5.78. The molecule has 0 aliphatic carbocycles. The second kappa shape index (κ2) is 6.06. The fourth-order valence-electron chi connectivity index (χ4n) is 3.48. The lowest BCUT2D eigenvalue weighted by molar-refractivity contribution is 0.263. The lowest BCUT2D eigenvalue weighted by atomic mass is 10.1. The van der Waals surface area contributed by atoms with Crippen LogP contribution in [-0.2, 0) is 0 Å². The van der Waals surface area contributed by atoms with E-state index in [4.69, 9.17) is 0 Å². The van der Waals surface area contributed by atoms with Crippen LogP contribution >= 0.6 is 0 Å². The molecule has 0 unspecified atom stereocenters. The number of imidazole rings is 1. The minimum atomic E-state index is 0.434. The Morgan fingerprint density at radius 2 is 1.88 bits per heavy atom. The Morgan fingerprint density at radius 1 is 1.00 bits per heavy atom. The quantitative estimate of drug-likeness (QED) is 0.610. The summed E-state index contributed by atoms with van der Waals surface area (Å²) >= 11 is 0. The molecule has 1 aliphatic heterocycles. The molecule has 0 spiro atoms. The van der Waals surface area contributed by atoms with Crippen LogP contribution in [0.5, 0.6) is 0 Å². The van der Waals surface area contributed by atoms with Crippen molar-refractivity contribution in [2.45, 2.75) is 18.9 Å². The van der Waals surface area contributed by atoms with Crippen LogP contribution in [0.2, 0.25) is 0 Å². The van der Waals surface area contributed by atoms with Crippen LogP contribution in [0.4, 0.5) is 5.95 Å². The van der Waals surface area contributed by atoms with Gasteiger partial charge in [-0.15, -0.1) is 5.10 Å². The van der Waals surface area contributed by atoms with Crippen molar-refractivity contribution in [3.63, 3.8) is 0 Å². The molecule has 0 radical (unpaired) electrons. The van der Waals surface area contributed by atoms with Gasteiger partial charge in [-0.3, -0.25) is 0 Å². The Hall–Kier alpha value is -3.00. The number of anilines is 1. The van der Waals surface area contributed by atoms with E-state index in [1.165, 1.54) is 0 Å². The molecule has 5 rings (SSSR count). The minimum absolute atomic E-state index is 0.434. The van der Waals surface area contributed by atoms with Crippen molar-refractivity contribution < 1.29 is 0 Å². The molecule has 5 heterocycles. The number of rotatable bonds is 3. The smallest absolute Gasteiger partial charge is 0.241 e. The molecule has 1 aliphatic rings. The molecule has 0 saturated carbocycles. The summed E-state index contributed by atoms with van der Waals surface area (Å²) < 4.78 is 3.63. The summed E-state index contributed by atoms with van der Waals surface area (Å²) in [4.78, 5) is 11.1. The minimum Gasteiger partial charge on any atom is -0.350 e. The molecule has 1 N–H and O–H groups in total. The molecule has 26 heavy (non-hydrogen) atoms. The zero-order valence-corrected chi connectivity index (χ0v) is 14.6. The van der Waals surface area contributed by atoms with Crippen molar-refractivity contribution in [1.29, 1.82) is 0 Å². The first-order valence-electron chi connectivity index (χ1n) is 8.86. The molecular formula is C18H20N8. The van der Waals surface area contributed by atoms with Gasteiger partial charge < -0.3 is 10.2 Å². The van der Waals surface area contributed by atoms with Gasteiger partial charge in [0.2, 0.25) is 5.95 Å². The van der Waals surface area contributed by atoms with Crippen LogP contribution in [0.15, 0.2) is 43.0 Å². The van der Waals surface area contributed by atoms with Crippen molar-refractivity contribution in [2.24, 2.45) is 0 Å². The van der Waals surface area contributed by atoms with Gasteiger partial charge in [0.15, 0.2) is 5.65 Å². The van der Waals surface area contributed by atoms with Crippen molar-refractivity contribution in [3.8, 4) is 11.3 Å². The van der Waals surface area contributed by atoms with E-state index in [-0.39, 0.29) is 0 Å². The van der Waals surface area contributed by atoms with Gasteiger partial charge in [-0.1, -0.05) is 0 Å². The molecule has 4 aromatic heterocycles. The van der Waals surface area contributed by atoms with E-state index in [9.17, 15) is 0 Å². The molecule has 0 atom stereocenters. The Kier molecular flexibility index (Phi) is 3.56. The second-order valence-corrected chi connectivity index (χ2v) is 6.81. The maximum Gasteiger partial charge on any atom is 0.241 e. The third-order valence-corrected chi connectivity index (χ3v) is 5.00. The van der Waals surface area contributed by atoms with Gasteiger partial charge in [-0.2, -0.15) is 5.10 Å². The van der Waals surface area contributed by atoms with E-state index in [1.54, 1.807) is 10.7 Å². The number of nitrogens with one attached hydrogen (secondary N) is 1. The van der Waals surface area contributed by atoms with E-state index in [2.05, 4.69) is 37.4 Å². The number of fused-ring (bicyclic) bond motifs is 2. The first kappa shape index (κ1) is 15.3. The Labute approximate surface area is 150 Å². The molecule has 0 aromatic carbocycles. The Bertz CT molecular complexity index is 1060. The van der Waals surface area contributed by atoms with Crippen LogP contribution in [0.3, 0.4) is 0 Å². The Balaban J connectivity index is 1.44. The summed E-state index contributed by atoms with van der Waals surface area (Å²) in [5, 5.41) is 12.7. The van der Waals surface area contributed by atoms with Gasteiger partial charge in [0.25, 0.3) is 0 Å². The summed E-state index contributed by atoms with van der Waals surface area (Å²) in [5.41, 5.74) is 3.65. The molecule has 0 amide bonds. The average Bonchev–Trinajstić information content (AvgIpc) is 3.29. The largest absolute Gasteiger partial charge is 0.350 e. The van der Waals surface area contributed by atoms with Crippen LogP contribution in [0, 0.1) is 0 Å². The third kappa shape index (κ3) is 2.68. The third-order valence-electron chi connectivity index (χ3n) is 5.00. The number of nitrogens with zero attached hydrogens (tertiary/aromatic N) is 7. The molecule has 0 bridgehead atoms. The molecule has 8 heteroatoms. The number of hydrogen-bond acceptors (Lipinski definition) is 6. The SMILES string of the molecule is CN1CCC(Nc2ncc3c(-c4ccc5nccn5n4)ccn3n2)CC1. The van der Waals surface area contributed by atoms with Crippen molar-refractivity contribution in [1.82, 2.24) is 34.1 Å². The van der Waals surface area contributed by atoms with Crippen LogP contribution in [-0.4, -0.2) is 60.3 Å². The zero-order chi connectivity index (χ0) is 17.5. The fraction of sp³-hybridized carbons (Fsp3) is 0.333. The van der Waals surface area contributed by atoms with Crippen molar-refractivity contribution >= 4 is 17.1 Å². The second-order valence-electron chi connectivity index (χ2n) is 6.81. The first-order chi connectivity index (χ1) is 12.8. The monoisotopic (exact) mass is 348 g/mol. The van der Waals surface area contributed by atoms with E-state index < -0.39 is 0 Å². The highest BCUT2D eigenvalue weighted by Gasteiger charge is 2.18. The maximum atomic E-state index is 4.62. The van der Waals surface area contributed by atoms with Gasteiger partial charge in [-0.05, 0) is 51.2 Å². The van der Waals surface area contributed by atoms with Crippen molar-refractivity contribution in [2.75, 3.05) is 25.5 Å². The summed E-state index contributed by atoms with van der Waals surface area (Å²) in [5.74, 6) is 0.673. The number of piperidine rings is 1. The lowest BCUT2D eigenvalue weighted by Crippen LogP contribution is -2.37. The number of hydrogen-bond donors (Lipinski definition) is 1. The van der Waals surface area contributed by atoms with E-state index in [1.807, 2.05) is 41.3 Å². The van der Waals surface area contributed by atoms with E-state index in [0.717, 1.165) is 48.4 Å². The summed E-state index contributed by atoms with van der Waals surface area (Å²) in [6, 6.07) is 6.39. The van der Waals surface area contributed by atoms with Gasteiger partial charge in [0, 0.05) is 30.2 Å². The van der Waals surface area contributed by atoms with Crippen molar-refractivity contribution in [3.05, 3.63) is 43.0 Å². The number of aromatic nitrogens is 6. The predicted molar refractivity (Wildman–Crippen MR) is 99.1 cm³/mol. The number of likely N-dealkylation sites (tertiary alicyclic amines) is 1. The summed E-state index contributed by atoms with van der Waals surface area (Å²) in [6.07, 6.45) is 9.63. The predicted octanol–water partition coefficient (Wildman–Crippen LogP) is 1.95. The average molecular weight is 348 g/mol. The molecule has 4 aromatic rings. The standard InChI is InChI=1S/C18H20N8/c1-24-8-4-13(5-9-24)21-18-20-12-16-14(6-10-25(16)23-18)15-2-3-17-19-7-11-26(17)22-15/h2-3,6-7,10-13H,4-5,8-9H2,1H3,(H,21,23). The van der Waals surface area contributed by atoms with E-state index in [0.29, 0.717) is 12.0 Å². The molecule has 1 saturated heterocycles. The summed E-state index contributed by atoms with van der Waals surface area (Å²) in [7, 11) is 2.16. The topological polar surface area (TPSA) is 75.6 Å². The van der Waals surface area contributed by atoms with Gasteiger partial charge >= 0.3 is 0 Å². The van der Waals surface area contributed by atoms with Crippen LogP contribution in [0.1, 0.15) is 12.8 Å². The first-order valence-corrected chi connectivity index (χ1v) is 8.86. The highest BCUT2D eigenvalue weighted by atomic mass is 15.3. The molecular weight excluding hydrogens is 328 g/mol. The molecule has 1 fully saturated rings. The molecule has 8 nitrogen and oxygen atoms in total. The van der Waals surface area contributed by atoms with Crippen LogP contribution < -0.4 is 5.32 Å². The van der Waals surface area contributed by atoms with Crippen LogP contribution in [0.25, 0.3) is 22.4 Å². The van der Waals surface area contributed by atoms with Gasteiger partial charge in [0.1, 0.15) is 0 Å². The fourth-order valence-corrected chi connectivity index (χ4v) is 3.48. The summed E-state index contributed by atoms with van der Waals surface area (Å²) in [6.45, 7) is 2.21. The van der Waals surface area contributed by atoms with Gasteiger partial charge in [0.05, 0.1) is 17.4 Å². The van der Waals surface area contributed by atoms with Gasteiger partial charge in [-0.25, -0.2) is 19.0 Å². The highest BCUT2D eigenvalue weighted by Crippen LogP contribution is 2.24. The lowest BCUT2D eigenvalue weighted by Gasteiger charge is -2.29.